The minimum Gasteiger partial charge on any atom is -0.481 e. The monoisotopic (exact) mass is 205 g/mol. The Morgan fingerprint density at radius 2 is 1.79 bits per heavy atom. The van der Waals surface area contributed by atoms with E-state index < -0.39 is 30.6 Å². The predicted molar refractivity (Wildman–Crippen MR) is 43.4 cm³/mol. The number of carboxylic acids is 2. The lowest BCUT2D eigenvalue weighted by Crippen LogP contribution is -2.35. The second-order valence-electron chi connectivity index (χ2n) is 2.52. The van der Waals surface area contributed by atoms with E-state index in [1.807, 2.05) is 0 Å². The third kappa shape index (κ3) is 5.95. The van der Waals surface area contributed by atoms with Gasteiger partial charge in [-0.05, 0) is 0 Å². The van der Waals surface area contributed by atoms with Crippen molar-refractivity contribution in [3.63, 3.8) is 0 Å². The molecule has 14 heavy (non-hydrogen) atoms. The van der Waals surface area contributed by atoms with Gasteiger partial charge in [0.05, 0.1) is 12.8 Å². The SMILES string of the molecule is NC(COC(=O)CCC(=O)O)C(=O)O. The summed E-state index contributed by atoms with van der Waals surface area (Å²) in [6, 6.07) is -1.27. The van der Waals surface area contributed by atoms with Crippen LogP contribution in [-0.2, 0) is 19.1 Å². The first-order chi connectivity index (χ1) is 6.43. The lowest BCUT2D eigenvalue weighted by molar-refractivity contribution is -0.150. The zero-order chi connectivity index (χ0) is 11.1. The first-order valence-electron chi connectivity index (χ1n) is 3.79. The maximum atomic E-state index is 10.7. The molecule has 0 spiro atoms. The molecule has 0 saturated carbocycles. The van der Waals surface area contributed by atoms with Gasteiger partial charge in [-0.3, -0.25) is 14.4 Å². The smallest absolute Gasteiger partial charge is 0.324 e. The summed E-state index contributed by atoms with van der Waals surface area (Å²) in [6.07, 6.45) is -0.636. The van der Waals surface area contributed by atoms with E-state index in [-0.39, 0.29) is 12.8 Å². The molecule has 0 fully saturated rings. The molecule has 0 aliphatic carbocycles. The summed E-state index contributed by atoms with van der Waals surface area (Å²) in [5, 5.41) is 16.5. The van der Waals surface area contributed by atoms with Crippen molar-refractivity contribution in [1.82, 2.24) is 0 Å². The molecule has 7 heteroatoms. The van der Waals surface area contributed by atoms with Gasteiger partial charge in [-0.1, -0.05) is 0 Å². The van der Waals surface area contributed by atoms with Crippen molar-refractivity contribution in [2.45, 2.75) is 18.9 Å². The largest absolute Gasteiger partial charge is 0.481 e. The highest BCUT2D eigenvalue weighted by Crippen LogP contribution is 1.93. The van der Waals surface area contributed by atoms with Crippen molar-refractivity contribution in [1.29, 1.82) is 0 Å². The highest BCUT2D eigenvalue weighted by atomic mass is 16.5. The molecule has 0 amide bonds. The minimum absolute atomic E-state index is 0.290. The van der Waals surface area contributed by atoms with Gasteiger partial charge in [0.1, 0.15) is 12.6 Å². The predicted octanol–water partition coefficient (Wildman–Crippen LogP) is -1.19. The van der Waals surface area contributed by atoms with Crippen LogP contribution < -0.4 is 5.73 Å². The van der Waals surface area contributed by atoms with E-state index in [0.717, 1.165) is 0 Å². The molecule has 0 rings (SSSR count). The Morgan fingerprint density at radius 1 is 1.21 bits per heavy atom. The molecule has 7 nitrogen and oxygen atoms in total. The normalized spacial score (nSPS) is 11.8. The number of rotatable bonds is 6. The quantitative estimate of drug-likeness (QED) is 0.465. The van der Waals surface area contributed by atoms with Crippen molar-refractivity contribution in [3.8, 4) is 0 Å². The maximum Gasteiger partial charge on any atom is 0.324 e. The van der Waals surface area contributed by atoms with Crippen molar-refractivity contribution in [2.24, 2.45) is 5.73 Å². The third-order valence-corrected chi connectivity index (χ3v) is 1.28. The number of esters is 1. The zero-order valence-corrected chi connectivity index (χ0v) is 7.30. The molecule has 4 N–H and O–H groups in total. The second-order valence-corrected chi connectivity index (χ2v) is 2.52. The Balaban J connectivity index is 3.64. The number of aliphatic carboxylic acids is 2. The average Bonchev–Trinajstić information content (AvgIpc) is 2.10. The van der Waals surface area contributed by atoms with Gasteiger partial charge in [0, 0.05) is 0 Å². The Labute approximate surface area is 79.5 Å². The van der Waals surface area contributed by atoms with Gasteiger partial charge in [-0.2, -0.15) is 0 Å². The molecule has 0 saturated heterocycles. The van der Waals surface area contributed by atoms with Crippen molar-refractivity contribution in [3.05, 3.63) is 0 Å². The molecule has 1 unspecified atom stereocenters. The topological polar surface area (TPSA) is 127 Å². The van der Waals surface area contributed by atoms with E-state index in [2.05, 4.69) is 4.74 Å². The van der Waals surface area contributed by atoms with Gasteiger partial charge in [0.2, 0.25) is 0 Å². The number of nitrogens with two attached hydrogens (primary N) is 1. The summed E-state index contributed by atoms with van der Waals surface area (Å²) in [7, 11) is 0. The summed E-state index contributed by atoms with van der Waals surface area (Å²) in [5.74, 6) is -3.18. The van der Waals surface area contributed by atoms with E-state index in [1.54, 1.807) is 0 Å². The van der Waals surface area contributed by atoms with E-state index in [1.165, 1.54) is 0 Å². The van der Waals surface area contributed by atoms with Gasteiger partial charge in [0.25, 0.3) is 0 Å². The summed E-state index contributed by atoms with van der Waals surface area (Å²) < 4.78 is 4.41. The van der Waals surface area contributed by atoms with Gasteiger partial charge < -0.3 is 20.7 Å². The Kier molecular flexibility index (Phi) is 5.23. The summed E-state index contributed by atoms with van der Waals surface area (Å²) in [5.41, 5.74) is 5.03. The average molecular weight is 205 g/mol. The molecular formula is C7H11NO6. The van der Waals surface area contributed by atoms with Crippen LogP contribution in [0.5, 0.6) is 0 Å². The summed E-state index contributed by atoms with van der Waals surface area (Å²) >= 11 is 0. The van der Waals surface area contributed by atoms with E-state index >= 15 is 0 Å². The van der Waals surface area contributed by atoms with Crippen LogP contribution in [0.2, 0.25) is 0 Å². The summed E-state index contributed by atoms with van der Waals surface area (Å²) in [6.45, 7) is -0.451. The Hall–Kier alpha value is -1.63. The van der Waals surface area contributed by atoms with E-state index in [9.17, 15) is 14.4 Å². The van der Waals surface area contributed by atoms with E-state index in [4.69, 9.17) is 15.9 Å². The van der Waals surface area contributed by atoms with Crippen molar-refractivity contribution >= 4 is 17.9 Å². The number of hydrogen-bond donors (Lipinski definition) is 3. The minimum atomic E-state index is -1.28. The van der Waals surface area contributed by atoms with Crippen molar-refractivity contribution < 1.29 is 29.3 Å². The lowest BCUT2D eigenvalue weighted by Gasteiger charge is -2.06. The van der Waals surface area contributed by atoms with Crippen LogP contribution in [0.3, 0.4) is 0 Å². The van der Waals surface area contributed by atoms with Crippen LogP contribution in [-0.4, -0.2) is 40.8 Å². The molecule has 0 aromatic rings. The highest BCUT2D eigenvalue weighted by molar-refractivity contribution is 5.77. The molecule has 0 bridgehead atoms. The lowest BCUT2D eigenvalue weighted by atomic mass is 10.3. The molecule has 0 heterocycles. The number of ether oxygens (including phenoxy) is 1. The molecule has 80 valence electrons. The van der Waals surface area contributed by atoms with Gasteiger partial charge >= 0.3 is 17.9 Å². The Morgan fingerprint density at radius 3 is 2.21 bits per heavy atom. The van der Waals surface area contributed by atoms with Crippen LogP contribution in [0, 0.1) is 0 Å². The first kappa shape index (κ1) is 12.4. The van der Waals surface area contributed by atoms with Crippen molar-refractivity contribution in [2.75, 3.05) is 6.61 Å². The molecule has 0 aliphatic rings. The fourth-order valence-corrected chi connectivity index (χ4v) is 0.535. The van der Waals surface area contributed by atoms with Crippen LogP contribution in [0.4, 0.5) is 0 Å². The number of hydrogen-bond acceptors (Lipinski definition) is 5. The number of carboxylic acid groups (broad SMARTS) is 2. The highest BCUT2D eigenvalue weighted by Gasteiger charge is 2.14. The van der Waals surface area contributed by atoms with Gasteiger partial charge in [-0.15, -0.1) is 0 Å². The fraction of sp³-hybridized carbons (Fsp3) is 0.571. The second kappa shape index (κ2) is 5.92. The molecule has 0 aromatic heterocycles. The van der Waals surface area contributed by atoms with Crippen LogP contribution in [0.25, 0.3) is 0 Å². The zero-order valence-electron chi connectivity index (χ0n) is 7.30. The fourth-order valence-electron chi connectivity index (χ4n) is 0.535. The Bertz CT molecular complexity index is 238. The molecule has 1 atom stereocenters. The van der Waals surface area contributed by atoms with E-state index in [0.29, 0.717) is 0 Å². The van der Waals surface area contributed by atoms with Gasteiger partial charge in [-0.25, -0.2) is 0 Å². The maximum absolute atomic E-state index is 10.7. The van der Waals surface area contributed by atoms with Gasteiger partial charge in [0.15, 0.2) is 0 Å². The molecule has 0 aromatic carbocycles. The molecular weight excluding hydrogens is 194 g/mol. The van der Waals surface area contributed by atoms with Crippen LogP contribution in [0.15, 0.2) is 0 Å². The number of carbonyl (C=O) groups excluding carboxylic acids is 1. The third-order valence-electron chi connectivity index (χ3n) is 1.28. The first-order valence-corrected chi connectivity index (χ1v) is 3.79. The summed E-state index contributed by atoms with van der Waals surface area (Å²) in [4.78, 5) is 30.9. The number of carbonyl (C=O) groups is 3. The molecule has 0 aliphatic heterocycles. The standard InChI is InChI=1S/C7H11NO6/c8-4(7(12)13)3-14-6(11)2-1-5(9)10/h4H,1-3,8H2,(H,9,10)(H,12,13). The molecule has 0 radical (unpaired) electrons. The van der Waals surface area contributed by atoms with Crippen LogP contribution in [0.1, 0.15) is 12.8 Å². The van der Waals surface area contributed by atoms with Crippen LogP contribution >= 0.6 is 0 Å².